The number of nitrogens with zero attached hydrogens (tertiary/aromatic N) is 3. The van der Waals surface area contributed by atoms with Crippen LogP contribution in [0.1, 0.15) is 19.9 Å². The standard InChI is InChI=1S/C15H17N5O5/c1-9(19-8-13(20(23)24)15(18-19)25-3)14(22)17-12-6-4-11(5-7-12)16-10(2)21/h4-9H,1-3H3,(H,16,21)(H,17,22). The molecule has 0 bridgehead atoms. The van der Waals surface area contributed by atoms with Crippen molar-refractivity contribution in [3.63, 3.8) is 0 Å². The molecular formula is C15H17N5O5. The molecule has 1 unspecified atom stereocenters. The number of nitro groups is 1. The maximum Gasteiger partial charge on any atom is 0.350 e. The third kappa shape index (κ3) is 4.31. The monoisotopic (exact) mass is 347 g/mol. The number of anilines is 2. The van der Waals surface area contributed by atoms with E-state index in [9.17, 15) is 19.7 Å². The topological polar surface area (TPSA) is 128 Å². The Morgan fingerprint density at radius 1 is 1.24 bits per heavy atom. The number of hydrogen-bond acceptors (Lipinski definition) is 6. The third-order valence-electron chi connectivity index (χ3n) is 3.32. The fraction of sp³-hybridized carbons (Fsp3) is 0.267. The van der Waals surface area contributed by atoms with Gasteiger partial charge in [-0.2, -0.15) is 0 Å². The summed E-state index contributed by atoms with van der Waals surface area (Å²) in [6.45, 7) is 2.95. The first kappa shape index (κ1) is 17.9. The number of methoxy groups -OCH3 is 1. The molecule has 0 aliphatic rings. The van der Waals surface area contributed by atoms with E-state index >= 15 is 0 Å². The summed E-state index contributed by atoms with van der Waals surface area (Å²) in [6, 6.07) is 5.74. The molecular weight excluding hydrogens is 330 g/mol. The highest BCUT2D eigenvalue weighted by Crippen LogP contribution is 2.26. The molecule has 0 aliphatic heterocycles. The fourth-order valence-corrected chi connectivity index (χ4v) is 2.04. The van der Waals surface area contributed by atoms with Gasteiger partial charge in [0.2, 0.25) is 11.8 Å². The van der Waals surface area contributed by atoms with Crippen molar-refractivity contribution in [3.8, 4) is 5.88 Å². The number of carbonyl (C=O) groups is 2. The first-order chi connectivity index (χ1) is 11.8. The zero-order valence-corrected chi connectivity index (χ0v) is 13.8. The van der Waals surface area contributed by atoms with Crippen molar-refractivity contribution in [1.82, 2.24) is 9.78 Å². The van der Waals surface area contributed by atoms with Crippen LogP contribution in [0.15, 0.2) is 30.5 Å². The molecule has 25 heavy (non-hydrogen) atoms. The molecule has 132 valence electrons. The van der Waals surface area contributed by atoms with Crippen LogP contribution in [0.25, 0.3) is 0 Å². The van der Waals surface area contributed by atoms with Gasteiger partial charge in [-0.25, -0.2) is 4.68 Å². The van der Waals surface area contributed by atoms with Gasteiger partial charge in [0.05, 0.1) is 12.0 Å². The highest BCUT2D eigenvalue weighted by atomic mass is 16.6. The Bertz CT molecular complexity index is 799. The summed E-state index contributed by atoms with van der Waals surface area (Å²) in [5.74, 6) is -0.767. The van der Waals surface area contributed by atoms with E-state index in [-0.39, 0.29) is 17.5 Å². The molecule has 10 heteroatoms. The number of amides is 2. The van der Waals surface area contributed by atoms with Crippen LogP contribution >= 0.6 is 0 Å². The molecule has 1 atom stereocenters. The van der Waals surface area contributed by atoms with Gasteiger partial charge < -0.3 is 15.4 Å². The lowest BCUT2D eigenvalue weighted by molar-refractivity contribution is -0.385. The lowest BCUT2D eigenvalue weighted by atomic mass is 10.2. The Morgan fingerprint density at radius 2 is 1.80 bits per heavy atom. The van der Waals surface area contributed by atoms with Gasteiger partial charge in [-0.3, -0.25) is 19.7 Å². The Kier molecular flexibility index (Phi) is 5.32. The van der Waals surface area contributed by atoms with Crippen LogP contribution in [0.5, 0.6) is 5.88 Å². The highest BCUT2D eigenvalue weighted by molar-refractivity contribution is 5.94. The van der Waals surface area contributed by atoms with E-state index in [0.29, 0.717) is 11.4 Å². The summed E-state index contributed by atoms with van der Waals surface area (Å²) >= 11 is 0. The zero-order chi connectivity index (χ0) is 18.6. The van der Waals surface area contributed by atoms with Crippen LogP contribution < -0.4 is 15.4 Å². The predicted molar refractivity (Wildman–Crippen MR) is 89.5 cm³/mol. The molecule has 0 radical (unpaired) electrons. The van der Waals surface area contributed by atoms with E-state index in [2.05, 4.69) is 15.7 Å². The van der Waals surface area contributed by atoms with Gasteiger partial charge in [0.15, 0.2) is 0 Å². The molecule has 2 rings (SSSR count). The summed E-state index contributed by atoms with van der Waals surface area (Å²) < 4.78 is 6.01. The van der Waals surface area contributed by atoms with Crippen molar-refractivity contribution in [2.75, 3.05) is 17.7 Å². The number of hydrogen-bond donors (Lipinski definition) is 2. The Morgan fingerprint density at radius 3 is 2.24 bits per heavy atom. The molecule has 1 aromatic heterocycles. The largest absolute Gasteiger partial charge is 0.475 e. The molecule has 2 amide bonds. The minimum absolute atomic E-state index is 0.163. The molecule has 10 nitrogen and oxygen atoms in total. The smallest absolute Gasteiger partial charge is 0.350 e. The average molecular weight is 347 g/mol. The molecule has 2 N–H and O–H groups in total. The van der Waals surface area contributed by atoms with Gasteiger partial charge in [0.25, 0.3) is 0 Å². The predicted octanol–water partition coefficient (Wildman–Crippen LogP) is 1.96. The number of nitrogens with one attached hydrogen (secondary N) is 2. The van der Waals surface area contributed by atoms with Crippen molar-refractivity contribution in [2.45, 2.75) is 19.9 Å². The number of benzene rings is 1. The van der Waals surface area contributed by atoms with E-state index in [0.717, 1.165) is 10.9 Å². The van der Waals surface area contributed by atoms with E-state index in [1.165, 1.54) is 14.0 Å². The molecule has 0 spiro atoms. The molecule has 0 aliphatic carbocycles. The third-order valence-corrected chi connectivity index (χ3v) is 3.32. The van der Waals surface area contributed by atoms with E-state index < -0.39 is 16.9 Å². The highest BCUT2D eigenvalue weighted by Gasteiger charge is 2.25. The normalized spacial score (nSPS) is 11.5. The van der Waals surface area contributed by atoms with Gasteiger partial charge in [0, 0.05) is 18.3 Å². The van der Waals surface area contributed by atoms with Crippen molar-refractivity contribution in [2.24, 2.45) is 0 Å². The van der Waals surface area contributed by atoms with Crippen LogP contribution in [0.3, 0.4) is 0 Å². The van der Waals surface area contributed by atoms with E-state index in [4.69, 9.17) is 4.74 Å². The number of ether oxygens (including phenoxy) is 1. The van der Waals surface area contributed by atoms with Crippen LogP contribution in [-0.2, 0) is 9.59 Å². The maximum atomic E-state index is 12.3. The number of carbonyl (C=O) groups excluding carboxylic acids is 2. The van der Waals surface area contributed by atoms with Gasteiger partial charge in [-0.05, 0) is 31.2 Å². The number of rotatable bonds is 6. The SMILES string of the molecule is COc1nn(C(C)C(=O)Nc2ccc(NC(C)=O)cc2)cc1[N+](=O)[O-]. The van der Waals surface area contributed by atoms with Crippen LogP contribution in [0, 0.1) is 10.1 Å². The second-order valence-electron chi connectivity index (χ2n) is 5.18. The van der Waals surface area contributed by atoms with Crippen molar-refractivity contribution < 1.29 is 19.2 Å². The molecule has 0 fully saturated rings. The summed E-state index contributed by atoms with van der Waals surface area (Å²) in [7, 11) is 1.26. The molecule has 0 saturated carbocycles. The van der Waals surface area contributed by atoms with Gasteiger partial charge in [-0.1, -0.05) is 0 Å². The lowest BCUT2D eigenvalue weighted by Crippen LogP contribution is -2.24. The quantitative estimate of drug-likeness (QED) is 0.607. The minimum atomic E-state index is -0.794. The second kappa shape index (κ2) is 7.43. The average Bonchev–Trinajstić information content (AvgIpc) is 3.00. The van der Waals surface area contributed by atoms with Crippen molar-refractivity contribution in [3.05, 3.63) is 40.6 Å². The summed E-state index contributed by atoms with van der Waals surface area (Å²) in [5.41, 5.74) is 0.798. The zero-order valence-electron chi connectivity index (χ0n) is 13.8. The van der Waals surface area contributed by atoms with Crippen LogP contribution in [0.4, 0.5) is 17.1 Å². The minimum Gasteiger partial charge on any atom is -0.475 e. The van der Waals surface area contributed by atoms with Gasteiger partial charge in [-0.15, -0.1) is 5.10 Å². The summed E-state index contributed by atoms with van der Waals surface area (Å²) in [4.78, 5) is 33.6. The Labute approximate surface area is 142 Å². The van der Waals surface area contributed by atoms with Crippen molar-refractivity contribution >= 4 is 28.9 Å². The number of aromatic nitrogens is 2. The first-order valence-electron chi connectivity index (χ1n) is 7.28. The lowest BCUT2D eigenvalue weighted by Gasteiger charge is -2.12. The molecule has 2 aromatic rings. The summed E-state index contributed by atoms with van der Waals surface area (Å²) in [6.07, 6.45) is 1.14. The fourth-order valence-electron chi connectivity index (χ4n) is 2.04. The molecule has 1 aromatic carbocycles. The van der Waals surface area contributed by atoms with E-state index in [1.54, 1.807) is 31.2 Å². The Hall–Kier alpha value is -3.43. The van der Waals surface area contributed by atoms with Crippen LogP contribution in [0.2, 0.25) is 0 Å². The van der Waals surface area contributed by atoms with Crippen molar-refractivity contribution in [1.29, 1.82) is 0 Å². The summed E-state index contributed by atoms with van der Waals surface area (Å²) in [5, 5.41) is 20.1. The van der Waals surface area contributed by atoms with Gasteiger partial charge in [0.1, 0.15) is 12.2 Å². The van der Waals surface area contributed by atoms with Gasteiger partial charge >= 0.3 is 11.6 Å². The molecule has 0 saturated heterocycles. The maximum absolute atomic E-state index is 12.3. The second-order valence-corrected chi connectivity index (χ2v) is 5.18. The molecule has 1 heterocycles. The first-order valence-corrected chi connectivity index (χ1v) is 7.28. The van der Waals surface area contributed by atoms with E-state index in [1.807, 2.05) is 0 Å². The van der Waals surface area contributed by atoms with Crippen LogP contribution in [-0.4, -0.2) is 33.6 Å². The Balaban J connectivity index is 2.10.